The molecule has 1 aromatic carbocycles. The first-order valence-electron chi connectivity index (χ1n) is 5.56. The van der Waals surface area contributed by atoms with E-state index in [2.05, 4.69) is 42.0 Å². The third kappa shape index (κ3) is 3.61. The number of anilines is 1. The van der Waals surface area contributed by atoms with Crippen LogP contribution in [0.3, 0.4) is 0 Å². The Hall–Kier alpha value is -0.740. The monoisotopic (exact) mass is 301 g/mol. The van der Waals surface area contributed by atoms with E-state index >= 15 is 0 Å². The van der Waals surface area contributed by atoms with Crippen LogP contribution >= 0.6 is 15.9 Å². The summed E-state index contributed by atoms with van der Waals surface area (Å²) in [5.41, 5.74) is 0.768. The van der Waals surface area contributed by atoms with Gasteiger partial charge in [-0.1, -0.05) is 0 Å². The predicted molar refractivity (Wildman–Crippen MR) is 74.9 cm³/mol. The van der Waals surface area contributed by atoms with E-state index in [0.29, 0.717) is 0 Å². The maximum Gasteiger partial charge on any atom is 0.121 e. The minimum absolute atomic E-state index is 0.177. The molecule has 0 fully saturated rings. The molecule has 0 aliphatic rings. The topological polar surface area (TPSA) is 30.5 Å². The summed E-state index contributed by atoms with van der Waals surface area (Å²) in [4.78, 5) is 0. The third-order valence-electron chi connectivity index (χ3n) is 3.11. The van der Waals surface area contributed by atoms with Gasteiger partial charge in [0.25, 0.3) is 0 Å². The van der Waals surface area contributed by atoms with E-state index in [0.717, 1.165) is 15.9 Å². The van der Waals surface area contributed by atoms with Gasteiger partial charge in [0.1, 0.15) is 5.75 Å². The largest absolute Gasteiger partial charge is 0.497 e. The van der Waals surface area contributed by atoms with Crippen LogP contribution in [0.1, 0.15) is 20.8 Å². The van der Waals surface area contributed by atoms with E-state index in [1.54, 1.807) is 14.2 Å². The van der Waals surface area contributed by atoms with Crippen LogP contribution in [0.2, 0.25) is 0 Å². The lowest BCUT2D eigenvalue weighted by Gasteiger charge is -2.32. The molecule has 0 saturated carbocycles. The minimum atomic E-state index is -0.234. The zero-order valence-corrected chi connectivity index (χ0v) is 12.6. The standard InChI is InChI=1S/C13H20BrNO2/c1-9(13(2,3)17-5)15-12-8-10(16-4)6-7-11(12)14/h6-9,15H,1-5H3. The van der Waals surface area contributed by atoms with Crippen molar-refractivity contribution < 1.29 is 9.47 Å². The van der Waals surface area contributed by atoms with Gasteiger partial charge in [0.05, 0.1) is 24.4 Å². The molecule has 0 aromatic heterocycles. The second kappa shape index (κ2) is 5.74. The van der Waals surface area contributed by atoms with Crippen molar-refractivity contribution in [2.24, 2.45) is 0 Å². The van der Waals surface area contributed by atoms with Crippen molar-refractivity contribution in [2.45, 2.75) is 32.4 Å². The molecule has 1 unspecified atom stereocenters. The van der Waals surface area contributed by atoms with Crippen molar-refractivity contribution in [3.05, 3.63) is 22.7 Å². The molecule has 96 valence electrons. The summed E-state index contributed by atoms with van der Waals surface area (Å²) in [6, 6.07) is 6.03. The first-order valence-corrected chi connectivity index (χ1v) is 6.35. The lowest BCUT2D eigenvalue weighted by atomic mass is 10.00. The van der Waals surface area contributed by atoms with Crippen LogP contribution in [0.5, 0.6) is 5.75 Å². The fourth-order valence-corrected chi connectivity index (χ4v) is 1.69. The molecule has 0 radical (unpaired) electrons. The first kappa shape index (κ1) is 14.3. The van der Waals surface area contributed by atoms with Crippen LogP contribution in [0.4, 0.5) is 5.69 Å². The number of hydrogen-bond acceptors (Lipinski definition) is 3. The Bertz CT molecular complexity index is 380. The van der Waals surface area contributed by atoms with Gasteiger partial charge in [0.15, 0.2) is 0 Å². The molecule has 0 saturated heterocycles. The molecule has 1 aromatic rings. The first-order chi connectivity index (χ1) is 7.90. The number of hydrogen-bond donors (Lipinski definition) is 1. The highest BCUT2D eigenvalue weighted by atomic mass is 79.9. The Morgan fingerprint density at radius 2 is 1.94 bits per heavy atom. The van der Waals surface area contributed by atoms with Crippen molar-refractivity contribution in [1.29, 1.82) is 0 Å². The Labute approximate surface area is 112 Å². The van der Waals surface area contributed by atoms with E-state index in [1.165, 1.54) is 0 Å². The fourth-order valence-electron chi connectivity index (χ4n) is 1.33. The van der Waals surface area contributed by atoms with E-state index in [9.17, 15) is 0 Å². The molecule has 3 nitrogen and oxygen atoms in total. The average molecular weight is 302 g/mol. The molecule has 0 aliphatic heterocycles. The molecule has 17 heavy (non-hydrogen) atoms. The third-order valence-corrected chi connectivity index (χ3v) is 3.81. The molecular weight excluding hydrogens is 282 g/mol. The van der Waals surface area contributed by atoms with E-state index < -0.39 is 0 Å². The molecule has 0 heterocycles. The maximum absolute atomic E-state index is 5.46. The van der Waals surface area contributed by atoms with Crippen molar-refractivity contribution in [1.82, 2.24) is 0 Å². The molecule has 4 heteroatoms. The van der Waals surface area contributed by atoms with Crippen molar-refractivity contribution in [3.8, 4) is 5.75 Å². The molecule has 1 atom stereocenters. The second-order valence-corrected chi connectivity index (χ2v) is 5.37. The summed E-state index contributed by atoms with van der Waals surface area (Å²) in [6.45, 7) is 6.20. The molecule has 0 bridgehead atoms. The molecule has 0 spiro atoms. The van der Waals surface area contributed by atoms with Crippen molar-refractivity contribution >= 4 is 21.6 Å². The number of rotatable bonds is 5. The second-order valence-electron chi connectivity index (χ2n) is 4.52. The number of benzene rings is 1. The Morgan fingerprint density at radius 1 is 1.29 bits per heavy atom. The molecule has 1 rings (SSSR count). The summed E-state index contributed by atoms with van der Waals surface area (Å²) in [7, 11) is 3.38. The lowest BCUT2D eigenvalue weighted by Crippen LogP contribution is -2.41. The van der Waals surface area contributed by atoms with Crippen LogP contribution < -0.4 is 10.1 Å². The smallest absolute Gasteiger partial charge is 0.121 e. The zero-order valence-electron chi connectivity index (χ0n) is 11.0. The summed E-state index contributed by atoms with van der Waals surface area (Å²) in [6.07, 6.45) is 0. The van der Waals surface area contributed by atoms with Gasteiger partial charge in [-0.15, -0.1) is 0 Å². The molecule has 0 aliphatic carbocycles. The number of ether oxygens (including phenoxy) is 2. The highest BCUT2D eigenvalue weighted by molar-refractivity contribution is 9.10. The van der Waals surface area contributed by atoms with Crippen LogP contribution in [0.15, 0.2) is 22.7 Å². The summed E-state index contributed by atoms with van der Waals surface area (Å²) < 4.78 is 11.7. The van der Waals surface area contributed by atoms with E-state index in [4.69, 9.17) is 9.47 Å². The Morgan fingerprint density at radius 3 is 2.47 bits per heavy atom. The van der Waals surface area contributed by atoms with Gasteiger partial charge in [-0.05, 0) is 48.8 Å². The maximum atomic E-state index is 5.46. The number of nitrogens with one attached hydrogen (secondary N) is 1. The highest BCUT2D eigenvalue weighted by Gasteiger charge is 2.25. The summed E-state index contributed by atoms with van der Waals surface area (Å²) in [5.74, 6) is 0.832. The van der Waals surface area contributed by atoms with Crippen LogP contribution in [-0.4, -0.2) is 25.9 Å². The van der Waals surface area contributed by atoms with Crippen LogP contribution in [0.25, 0.3) is 0 Å². The Kier molecular flexibility index (Phi) is 4.83. The quantitative estimate of drug-likeness (QED) is 0.900. The molecule has 0 amide bonds. The minimum Gasteiger partial charge on any atom is -0.497 e. The van der Waals surface area contributed by atoms with Gasteiger partial charge < -0.3 is 14.8 Å². The van der Waals surface area contributed by atoms with Crippen molar-refractivity contribution in [2.75, 3.05) is 19.5 Å². The van der Waals surface area contributed by atoms with E-state index in [1.807, 2.05) is 18.2 Å². The van der Waals surface area contributed by atoms with Crippen LogP contribution in [-0.2, 0) is 4.74 Å². The van der Waals surface area contributed by atoms with Gasteiger partial charge in [0, 0.05) is 17.6 Å². The zero-order chi connectivity index (χ0) is 13.1. The normalized spacial score (nSPS) is 13.3. The van der Waals surface area contributed by atoms with Gasteiger partial charge in [-0.25, -0.2) is 0 Å². The SMILES string of the molecule is COc1ccc(Br)c(NC(C)C(C)(C)OC)c1. The van der Waals surface area contributed by atoms with Gasteiger partial charge in [-0.3, -0.25) is 0 Å². The molecular formula is C13H20BrNO2. The van der Waals surface area contributed by atoms with Gasteiger partial charge >= 0.3 is 0 Å². The van der Waals surface area contributed by atoms with Gasteiger partial charge in [0.2, 0.25) is 0 Å². The van der Waals surface area contributed by atoms with Gasteiger partial charge in [-0.2, -0.15) is 0 Å². The fraction of sp³-hybridized carbons (Fsp3) is 0.538. The Balaban J connectivity index is 2.87. The summed E-state index contributed by atoms with van der Waals surface area (Å²) in [5, 5.41) is 3.42. The van der Waals surface area contributed by atoms with Crippen LogP contribution in [0, 0.1) is 0 Å². The summed E-state index contributed by atoms with van der Waals surface area (Å²) >= 11 is 3.52. The van der Waals surface area contributed by atoms with Crippen molar-refractivity contribution in [3.63, 3.8) is 0 Å². The number of halogens is 1. The molecule has 1 N–H and O–H groups in total. The lowest BCUT2D eigenvalue weighted by molar-refractivity contribution is 0.0107. The number of methoxy groups -OCH3 is 2. The highest BCUT2D eigenvalue weighted by Crippen LogP contribution is 2.29. The predicted octanol–water partition coefficient (Wildman–Crippen LogP) is 3.68. The van der Waals surface area contributed by atoms with E-state index in [-0.39, 0.29) is 11.6 Å². The average Bonchev–Trinajstić information content (AvgIpc) is 2.31.